The summed E-state index contributed by atoms with van der Waals surface area (Å²) in [5, 5.41) is 5.76. The first-order valence-corrected chi connectivity index (χ1v) is 6.86. The minimum absolute atomic E-state index is 0.181. The molecule has 0 atom stereocenters. The average molecular weight is 278 g/mol. The van der Waals surface area contributed by atoms with Gasteiger partial charge in [0, 0.05) is 31.0 Å². The molecule has 0 unspecified atom stereocenters. The van der Waals surface area contributed by atoms with Crippen LogP contribution in [0.15, 0.2) is 18.2 Å². The molecule has 3 rings (SSSR count). The van der Waals surface area contributed by atoms with Gasteiger partial charge in [0.25, 0.3) is 0 Å². The molecule has 2 N–H and O–H groups in total. The summed E-state index contributed by atoms with van der Waals surface area (Å²) < 4.78 is 16.2. The van der Waals surface area contributed by atoms with Crippen molar-refractivity contribution in [2.75, 3.05) is 31.7 Å². The van der Waals surface area contributed by atoms with Gasteiger partial charge in [0.05, 0.1) is 0 Å². The van der Waals surface area contributed by atoms with E-state index in [0.717, 1.165) is 12.8 Å². The topological polar surface area (TPSA) is 68.8 Å². The normalized spacial score (nSPS) is 18.4. The van der Waals surface area contributed by atoms with Gasteiger partial charge in [-0.25, -0.2) is 4.79 Å². The number of rotatable bonds is 2. The zero-order chi connectivity index (χ0) is 13.8. The van der Waals surface area contributed by atoms with E-state index in [2.05, 4.69) is 10.6 Å². The third-order valence-electron chi connectivity index (χ3n) is 3.36. The predicted octanol–water partition coefficient (Wildman–Crippen LogP) is 1.76. The molecular formula is C14H18N2O4. The van der Waals surface area contributed by atoms with Gasteiger partial charge in [0.1, 0.15) is 13.2 Å². The lowest BCUT2D eigenvalue weighted by Crippen LogP contribution is -2.41. The first-order chi connectivity index (χ1) is 9.81. The summed E-state index contributed by atoms with van der Waals surface area (Å²) >= 11 is 0. The molecule has 1 aromatic carbocycles. The van der Waals surface area contributed by atoms with Crippen molar-refractivity contribution in [1.29, 1.82) is 0 Å². The number of carbonyl (C=O) groups is 1. The van der Waals surface area contributed by atoms with Gasteiger partial charge in [0.15, 0.2) is 11.5 Å². The molecule has 0 bridgehead atoms. The highest BCUT2D eigenvalue weighted by Crippen LogP contribution is 2.32. The minimum Gasteiger partial charge on any atom is -0.486 e. The molecule has 0 saturated carbocycles. The van der Waals surface area contributed by atoms with Gasteiger partial charge in [-0.15, -0.1) is 0 Å². The molecular weight excluding hydrogens is 260 g/mol. The van der Waals surface area contributed by atoms with E-state index in [9.17, 15) is 4.79 Å². The maximum atomic E-state index is 11.9. The lowest BCUT2D eigenvalue weighted by molar-refractivity contribution is 0.0806. The van der Waals surface area contributed by atoms with E-state index < -0.39 is 0 Å². The number of anilines is 1. The molecule has 0 aliphatic carbocycles. The van der Waals surface area contributed by atoms with E-state index >= 15 is 0 Å². The lowest BCUT2D eigenvalue weighted by atomic mass is 10.1. The maximum absolute atomic E-state index is 11.9. The fourth-order valence-corrected chi connectivity index (χ4v) is 2.32. The Bertz CT molecular complexity index is 486. The second-order valence-corrected chi connectivity index (χ2v) is 4.84. The zero-order valence-electron chi connectivity index (χ0n) is 11.2. The fraction of sp³-hybridized carbons (Fsp3) is 0.500. The Kier molecular flexibility index (Phi) is 3.92. The van der Waals surface area contributed by atoms with Crippen molar-refractivity contribution in [3.8, 4) is 11.5 Å². The number of hydrogen-bond acceptors (Lipinski definition) is 4. The highest BCUT2D eigenvalue weighted by molar-refractivity contribution is 5.89. The quantitative estimate of drug-likeness (QED) is 0.865. The standard InChI is InChI=1S/C14H18N2O4/c17-14(15-10-3-5-18-6-4-10)16-11-1-2-12-13(9-11)20-8-7-19-12/h1-2,9-10H,3-8H2,(H2,15,16,17). The SMILES string of the molecule is O=C(Nc1ccc2c(c1)OCCO2)NC1CCOCC1. The van der Waals surface area contributed by atoms with E-state index in [4.69, 9.17) is 14.2 Å². The Labute approximate surface area is 117 Å². The lowest BCUT2D eigenvalue weighted by Gasteiger charge is -2.23. The Morgan fingerprint density at radius 1 is 1.05 bits per heavy atom. The van der Waals surface area contributed by atoms with Crippen molar-refractivity contribution in [2.45, 2.75) is 18.9 Å². The van der Waals surface area contributed by atoms with Gasteiger partial charge >= 0.3 is 6.03 Å². The third-order valence-corrected chi connectivity index (χ3v) is 3.36. The smallest absolute Gasteiger partial charge is 0.319 e. The Hall–Kier alpha value is -1.95. The van der Waals surface area contributed by atoms with Crippen LogP contribution in [0.25, 0.3) is 0 Å². The molecule has 6 heteroatoms. The summed E-state index contributed by atoms with van der Waals surface area (Å²) in [4.78, 5) is 11.9. The molecule has 1 fully saturated rings. The van der Waals surface area contributed by atoms with Crippen LogP contribution in [-0.2, 0) is 4.74 Å². The highest BCUT2D eigenvalue weighted by atomic mass is 16.6. The number of fused-ring (bicyclic) bond motifs is 1. The number of hydrogen-bond donors (Lipinski definition) is 2. The Morgan fingerprint density at radius 2 is 1.80 bits per heavy atom. The number of carbonyl (C=O) groups excluding carboxylic acids is 1. The Balaban J connectivity index is 1.58. The van der Waals surface area contributed by atoms with Crippen LogP contribution in [0.1, 0.15) is 12.8 Å². The molecule has 2 heterocycles. The van der Waals surface area contributed by atoms with Gasteiger partial charge < -0.3 is 24.8 Å². The molecule has 2 amide bonds. The summed E-state index contributed by atoms with van der Waals surface area (Å²) in [6, 6.07) is 5.36. The van der Waals surface area contributed by atoms with Gasteiger partial charge in [-0.1, -0.05) is 0 Å². The van der Waals surface area contributed by atoms with E-state index in [1.165, 1.54) is 0 Å². The van der Waals surface area contributed by atoms with Gasteiger partial charge in [-0.2, -0.15) is 0 Å². The summed E-state index contributed by atoms with van der Waals surface area (Å²) in [6.07, 6.45) is 1.71. The second-order valence-electron chi connectivity index (χ2n) is 4.84. The Morgan fingerprint density at radius 3 is 2.60 bits per heavy atom. The van der Waals surface area contributed by atoms with Crippen LogP contribution in [0.2, 0.25) is 0 Å². The molecule has 108 valence electrons. The highest BCUT2D eigenvalue weighted by Gasteiger charge is 2.17. The van der Waals surface area contributed by atoms with Crippen LogP contribution in [-0.4, -0.2) is 38.5 Å². The van der Waals surface area contributed by atoms with Crippen molar-refractivity contribution in [3.63, 3.8) is 0 Å². The van der Waals surface area contributed by atoms with Crippen LogP contribution < -0.4 is 20.1 Å². The fourth-order valence-electron chi connectivity index (χ4n) is 2.32. The van der Waals surface area contributed by atoms with Gasteiger partial charge in [-0.3, -0.25) is 0 Å². The molecule has 0 aromatic heterocycles. The molecule has 0 spiro atoms. The van der Waals surface area contributed by atoms with Crippen molar-refractivity contribution >= 4 is 11.7 Å². The summed E-state index contributed by atoms with van der Waals surface area (Å²) in [5.41, 5.74) is 0.693. The van der Waals surface area contributed by atoms with E-state index in [1.54, 1.807) is 18.2 Å². The summed E-state index contributed by atoms with van der Waals surface area (Å²) in [7, 11) is 0. The summed E-state index contributed by atoms with van der Waals surface area (Å²) in [5.74, 6) is 1.38. The van der Waals surface area contributed by atoms with Crippen LogP contribution in [0.3, 0.4) is 0 Å². The van der Waals surface area contributed by atoms with Crippen LogP contribution in [0.5, 0.6) is 11.5 Å². The monoisotopic (exact) mass is 278 g/mol. The molecule has 20 heavy (non-hydrogen) atoms. The maximum Gasteiger partial charge on any atom is 0.319 e. The summed E-state index contributed by atoms with van der Waals surface area (Å²) in [6.45, 7) is 2.50. The van der Waals surface area contributed by atoms with Crippen molar-refractivity contribution in [3.05, 3.63) is 18.2 Å². The number of amides is 2. The molecule has 1 aromatic rings. The second kappa shape index (κ2) is 6.00. The van der Waals surface area contributed by atoms with E-state index in [1.807, 2.05) is 0 Å². The molecule has 1 saturated heterocycles. The number of urea groups is 1. The number of ether oxygens (including phenoxy) is 3. The van der Waals surface area contributed by atoms with E-state index in [-0.39, 0.29) is 12.1 Å². The minimum atomic E-state index is -0.200. The number of benzene rings is 1. The van der Waals surface area contributed by atoms with Crippen molar-refractivity contribution in [1.82, 2.24) is 5.32 Å². The van der Waals surface area contributed by atoms with Crippen LogP contribution in [0.4, 0.5) is 10.5 Å². The molecule has 6 nitrogen and oxygen atoms in total. The largest absolute Gasteiger partial charge is 0.486 e. The molecule has 2 aliphatic rings. The molecule has 2 aliphatic heterocycles. The molecule has 0 radical (unpaired) electrons. The van der Waals surface area contributed by atoms with Gasteiger partial charge in [-0.05, 0) is 25.0 Å². The first-order valence-electron chi connectivity index (χ1n) is 6.86. The first kappa shape index (κ1) is 13.1. The van der Waals surface area contributed by atoms with Crippen LogP contribution >= 0.6 is 0 Å². The van der Waals surface area contributed by atoms with Crippen molar-refractivity contribution in [2.24, 2.45) is 0 Å². The van der Waals surface area contributed by atoms with Crippen LogP contribution in [0, 0.1) is 0 Å². The van der Waals surface area contributed by atoms with E-state index in [0.29, 0.717) is 43.6 Å². The predicted molar refractivity (Wildman–Crippen MR) is 73.4 cm³/mol. The number of nitrogens with one attached hydrogen (secondary N) is 2. The van der Waals surface area contributed by atoms with Crippen molar-refractivity contribution < 1.29 is 19.0 Å². The average Bonchev–Trinajstić information content (AvgIpc) is 2.48. The zero-order valence-corrected chi connectivity index (χ0v) is 11.2. The van der Waals surface area contributed by atoms with Gasteiger partial charge in [0.2, 0.25) is 0 Å². The third kappa shape index (κ3) is 3.14.